The number of ether oxygens (including phenoxy) is 2. The van der Waals surface area contributed by atoms with Gasteiger partial charge in [-0.3, -0.25) is 14.5 Å². The van der Waals surface area contributed by atoms with E-state index in [4.69, 9.17) is 9.47 Å². The minimum Gasteiger partial charge on any atom is -0.491 e. The second-order valence-corrected chi connectivity index (χ2v) is 10.2. The van der Waals surface area contributed by atoms with E-state index in [1.165, 1.54) is 25.7 Å². The molecule has 1 N–H and O–H groups in total. The molecule has 7 nitrogen and oxygen atoms in total. The second-order valence-electron chi connectivity index (χ2n) is 10.2. The Morgan fingerprint density at radius 1 is 1.21 bits per heavy atom. The van der Waals surface area contributed by atoms with Gasteiger partial charge in [0.05, 0.1) is 11.7 Å². The van der Waals surface area contributed by atoms with Crippen molar-refractivity contribution in [1.82, 2.24) is 9.80 Å². The maximum atomic E-state index is 13.3. The molecule has 1 aromatic carbocycles. The Morgan fingerprint density at radius 2 is 1.94 bits per heavy atom. The normalized spacial score (nSPS) is 25.3. The highest BCUT2D eigenvalue weighted by Crippen LogP contribution is 2.29. The predicted octanol–water partition coefficient (Wildman–Crippen LogP) is 4.42. The lowest BCUT2D eigenvalue weighted by Gasteiger charge is -2.37. The first-order valence-electron chi connectivity index (χ1n) is 12.9. The van der Waals surface area contributed by atoms with Crippen molar-refractivity contribution < 1.29 is 19.1 Å². The average Bonchev–Trinajstić information content (AvgIpc) is 3.32. The number of likely N-dealkylation sites (N-methyl/N-ethyl adjacent to an activating group) is 1. The summed E-state index contributed by atoms with van der Waals surface area (Å²) in [6, 6.07) is 5.51. The van der Waals surface area contributed by atoms with Gasteiger partial charge in [0.1, 0.15) is 12.4 Å². The van der Waals surface area contributed by atoms with Crippen molar-refractivity contribution in [3.05, 3.63) is 23.8 Å². The van der Waals surface area contributed by atoms with E-state index in [1.54, 1.807) is 30.2 Å². The van der Waals surface area contributed by atoms with E-state index in [1.807, 2.05) is 14.0 Å². The first-order valence-corrected chi connectivity index (χ1v) is 12.9. The van der Waals surface area contributed by atoms with Crippen molar-refractivity contribution in [2.75, 3.05) is 45.7 Å². The Labute approximate surface area is 205 Å². The molecule has 3 atom stereocenters. The van der Waals surface area contributed by atoms with Crippen LogP contribution in [-0.4, -0.2) is 74.2 Å². The number of carbonyl (C=O) groups is 2. The van der Waals surface area contributed by atoms with E-state index in [0.29, 0.717) is 36.6 Å². The molecule has 1 heterocycles. The summed E-state index contributed by atoms with van der Waals surface area (Å²) in [6.45, 7) is 9.36. The summed E-state index contributed by atoms with van der Waals surface area (Å²) in [5.74, 6) is 1.39. The molecule has 1 aliphatic carbocycles. The van der Waals surface area contributed by atoms with Crippen LogP contribution in [0, 0.1) is 11.8 Å². The van der Waals surface area contributed by atoms with Crippen molar-refractivity contribution >= 4 is 17.5 Å². The van der Waals surface area contributed by atoms with Crippen LogP contribution in [0.2, 0.25) is 0 Å². The zero-order valence-corrected chi connectivity index (χ0v) is 21.6. The van der Waals surface area contributed by atoms with Crippen molar-refractivity contribution in [3.8, 4) is 5.75 Å². The van der Waals surface area contributed by atoms with Crippen LogP contribution in [0.1, 0.15) is 69.7 Å². The maximum absolute atomic E-state index is 13.3. The van der Waals surface area contributed by atoms with Crippen LogP contribution in [0.4, 0.5) is 5.69 Å². The van der Waals surface area contributed by atoms with E-state index >= 15 is 0 Å². The van der Waals surface area contributed by atoms with Crippen LogP contribution in [0.3, 0.4) is 0 Å². The van der Waals surface area contributed by atoms with Crippen molar-refractivity contribution in [1.29, 1.82) is 0 Å². The molecule has 1 saturated carbocycles. The number of methoxy groups -OCH3 is 1. The lowest BCUT2D eigenvalue weighted by molar-refractivity contribution is -0.116. The molecule has 2 amide bonds. The summed E-state index contributed by atoms with van der Waals surface area (Å²) >= 11 is 0. The average molecular weight is 474 g/mol. The molecule has 0 saturated heterocycles. The van der Waals surface area contributed by atoms with E-state index in [-0.39, 0.29) is 29.9 Å². The number of benzene rings is 1. The highest BCUT2D eigenvalue weighted by Gasteiger charge is 2.30. The van der Waals surface area contributed by atoms with Gasteiger partial charge in [0.15, 0.2) is 0 Å². The van der Waals surface area contributed by atoms with E-state index in [2.05, 4.69) is 24.1 Å². The summed E-state index contributed by atoms with van der Waals surface area (Å²) in [7, 11) is 3.55. The number of nitrogens with zero attached hydrogens (tertiary/aromatic N) is 2. The number of rotatable bonds is 6. The quantitative estimate of drug-likeness (QED) is 0.662. The summed E-state index contributed by atoms with van der Waals surface area (Å²) < 4.78 is 12.1. The van der Waals surface area contributed by atoms with Crippen LogP contribution < -0.4 is 10.1 Å². The van der Waals surface area contributed by atoms with Gasteiger partial charge in [-0.2, -0.15) is 0 Å². The van der Waals surface area contributed by atoms with E-state index in [9.17, 15) is 9.59 Å². The van der Waals surface area contributed by atoms with Crippen LogP contribution in [0.5, 0.6) is 5.75 Å². The molecule has 1 aliphatic heterocycles. The second kappa shape index (κ2) is 12.5. The highest BCUT2D eigenvalue weighted by atomic mass is 16.5. The van der Waals surface area contributed by atoms with Gasteiger partial charge in [-0.05, 0) is 50.2 Å². The molecule has 3 rings (SSSR count). The lowest BCUT2D eigenvalue weighted by Crippen LogP contribution is -2.47. The molecule has 1 aromatic rings. The van der Waals surface area contributed by atoms with E-state index < -0.39 is 0 Å². The number of nitrogens with one attached hydrogen (secondary N) is 1. The molecule has 0 spiro atoms. The predicted molar refractivity (Wildman–Crippen MR) is 135 cm³/mol. The van der Waals surface area contributed by atoms with E-state index in [0.717, 1.165) is 25.4 Å². The van der Waals surface area contributed by atoms with Crippen molar-refractivity contribution in [2.24, 2.45) is 11.8 Å². The fraction of sp³-hybridized carbons (Fsp3) is 0.704. The number of carbonyl (C=O) groups excluding carboxylic acids is 2. The lowest BCUT2D eigenvalue weighted by atomic mass is 9.99. The third kappa shape index (κ3) is 6.95. The fourth-order valence-corrected chi connectivity index (χ4v) is 5.15. The summed E-state index contributed by atoms with van der Waals surface area (Å²) in [4.78, 5) is 29.7. The topological polar surface area (TPSA) is 71.1 Å². The molecule has 7 heteroatoms. The van der Waals surface area contributed by atoms with Gasteiger partial charge in [-0.1, -0.05) is 26.7 Å². The molecule has 0 bridgehead atoms. The van der Waals surface area contributed by atoms with Gasteiger partial charge >= 0.3 is 0 Å². The Balaban J connectivity index is 1.88. The summed E-state index contributed by atoms with van der Waals surface area (Å²) in [5, 5.41) is 2.92. The molecular formula is C27H43N3O4. The maximum Gasteiger partial charge on any atom is 0.257 e. The number of anilines is 1. The molecule has 34 heavy (non-hydrogen) atoms. The van der Waals surface area contributed by atoms with Crippen LogP contribution >= 0.6 is 0 Å². The monoisotopic (exact) mass is 473 g/mol. The number of amides is 2. The Kier molecular flexibility index (Phi) is 9.77. The Bertz CT molecular complexity index is 824. The van der Waals surface area contributed by atoms with Crippen LogP contribution in [-0.2, 0) is 9.53 Å². The van der Waals surface area contributed by atoms with Crippen molar-refractivity contribution in [2.45, 2.75) is 71.4 Å². The molecule has 0 radical (unpaired) electrons. The van der Waals surface area contributed by atoms with Gasteiger partial charge in [-0.15, -0.1) is 0 Å². The minimum atomic E-state index is -0.105. The van der Waals surface area contributed by atoms with Gasteiger partial charge in [0.25, 0.3) is 5.91 Å². The molecular weight excluding hydrogens is 430 g/mol. The summed E-state index contributed by atoms with van der Waals surface area (Å²) in [5.41, 5.74) is 1.16. The SMILES string of the molecule is CCCC(=O)Nc1ccc2c(c1)OC[C@@H](C)N(CC1CCCC1)C[C@@H](C)[C@H](OC)CN(C)C2=O. The summed E-state index contributed by atoms with van der Waals surface area (Å²) in [6.07, 6.45) is 6.44. The molecule has 0 unspecified atom stereocenters. The van der Waals surface area contributed by atoms with Crippen molar-refractivity contribution in [3.63, 3.8) is 0 Å². The largest absolute Gasteiger partial charge is 0.491 e. The molecule has 190 valence electrons. The first kappa shape index (κ1) is 26.5. The van der Waals surface area contributed by atoms with Gasteiger partial charge in [0, 0.05) is 58.0 Å². The third-order valence-electron chi connectivity index (χ3n) is 7.30. The third-order valence-corrected chi connectivity index (χ3v) is 7.30. The number of hydrogen-bond acceptors (Lipinski definition) is 5. The molecule has 2 aliphatic rings. The fourth-order valence-electron chi connectivity index (χ4n) is 5.15. The van der Waals surface area contributed by atoms with Crippen LogP contribution in [0.15, 0.2) is 18.2 Å². The highest BCUT2D eigenvalue weighted by molar-refractivity contribution is 5.98. The minimum absolute atomic E-state index is 0.0351. The van der Waals surface area contributed by atoms with Gasteiger partial charge in [0.2, 0.25) is 5.91 Å². The Hall–Kier alpha value is -2.12. The Morgan fingerprint density at radius 3 is 2.62 bits per heavy atom. The van der Waals surface area contributed by atoms with Crippen LogP contribution in [0.25, 0.3) is 0 Å². The standard InChI is InChI=1S/C27H43N3O4/c1-6-9-26(31)28-22-12-13-23-24(14-22)34-18-20(3)30(16-21-10-7-8-11-21)15-19(2)25(33-5)17-29(4)27(23)32/h12-14,19-21,25H,6-11,15-18H2,1-5H3,(H,28,31)/t19-,20-,25-/m1/s1. The smallest absolute Gasteiger partial charge is 0.257 e. The molecule has 0 aromatic heterocycles. The zero-order chi connectivity index (χ0) is 24.7. The zero-order valence-electron chi connectivity index (χ0n) is 21.6. The van der Waals surface area contributed by atoms with Gasteiger partial charge < -0.3 is 19.7 Å². The first-order chi connectivity index (χ1) is 16.3. The number of hydrogen-bond donors (Lipinski definition) is 1. The van der Waals surface area contributed by atoms with Gasteiger partial charge in [-0.25, -0.2) is 0 Å². The molecule has 1 fully saturated rings. The number of fused-ring (bicyclic) bond motifs is 1.